The summed E-state index contributed by atoms with van der Waals surface area (Å²) in [4.78, 5) is 47.2. The highest BCUT2D eigenvalue weighted by atomic mass is 16.6. The van der Waals surface area contributed by atoms with Gasteiger partial charge in [-0.15, -0.1) is 0 Å². The second-order valence-electron chi connectivity index (χ2n) is 4.76. The van der Waals surface area contributed by atoms with E-state index >= 15 is 0 Å². The highest BCUT2D eigenvalue weighted by Crippen LogP contribution is 2.22. The number of rotatable bonds is 5. The third-order valence-electron chi connectivity index (χ3n) is 3.26. The molecule has 2 N–H and O–H groups in total. The molecule has 0 saturated carbocycles. The van der Waals surface area contributed by atoms with Crippen LogP contribution in [0.25, 0.3) is 12.2 Å². The minimum Gasteiger partial charge on any atom is -0.301 e. The predicted molar refractivity (Wildman–Crippen MR) is 85.7 cm³/mol. The average Bonchev–Trinajstić information content (AvgIpc) is 2.51. The van der Waals surface area contributed by atoms with Gasteiger partial charge in [-0.3, -0.25) is 30.0 Å². The van der Waals surface area contributed by atoms with E-state index in [-0.39, 0.29) is 11.4 Å². The number of nitrogens with zero attached hydrogens (tertiary/aromatic N) is 2. The summed E-state index contributed by atoms with van der Waals surface area (Å²) in [5.41, 5.74) is -2.26. The Kier molecular flexibility index (Phi) is 4.68. The Morgan fingerprint density at radius 3 is 2.38 bits per heavy atom. The van der Waals surface area contributed by atoms with Crippen molar-refractivity contribution >= 4 is 23.5 Å². The fourth-order valence-electron chi connectivity index (χ4n) is 2.13. The van der Waals surface area contributed by atoms with Gasteiger partial charge >= 0.3 is 16.9 Å². The molecule has 0 atom stereocenters. The third kappa shape index (κ3) is 3.43. The van der Waals surface area contributed by atoms with Crippen LogP contribution in [0.4, 0.5) is 11.4 Å². The molecule has 2 rings (SSSR count). The van der Waals surface area contributed by atoms with Crippen molar-refractivity contribution in [3.05, 3.63) is 76.1 Å². The van der Waals surface area contributed by atoms with E-state index in [0.29, 0.717) is 17.5 Å². The first kappa shape index (κ1) is 16.8. The minimum absolute atomic E-state index is 0.0754. The summed E-state index contributed by atoms with van der Waals surface area (Å²) >= 11 is 0. The van der Waals surface area contributed by atoms with E-state index in [1.54, 1.807) is 24.0 Å². The Morgan fingerprint density at radius 1 is 1.08 bits per heavy atom. The minimum atomic E-state index is -1.13. The Balaban J connectivity index is 2.51. The zero-order valence-corrected chi connectivity index (χ0v) is 12.4. The average molecular weight is 332 g/mol. The molecule has 1 aromatic carbocycles. The number of nitro groups is 2. The van der Waals surface area contributed by atoms with Gasteiger partial charge in [0.1, 0.15) is 5.69 Å². The van der Waals surface area contributed by atoms with E-state index in [9.17, 15) is 29.8 Å². The smallest absolute Gasteiger partial charge is 0.301 e. The number of aryl methyl sites for hydroxylation is 1. The van der Waals surface area contributed by atoms with Gasteiger partial charge in [-0.2, -0.15) is 0 Å². The Labute approximate surface area is 133 Å². The van der Waals surface area contributed by atoms with Crippen LogP contribution in [-0.4, -0.2) is 19.8 Å². The normalized spacial score (nSPS) is 10.9. The zero-order valence-electron chi connectivity index (χ0n) is 12.4. The van der Waals surface area contributed by atoms with Crippen molar-refractivity contribution in [2.75, 3.05) is 0 Å². The topological polar surface area (TPSA) is 152 Å². The molecular weight excluding hydrogens is 320 g/mol. The molecule has 0 amide bonds. The molecule has 0 aliphatic carbocycles. The lowest BCUT2D eigenvalue weighted by Gasteiger charge is -2.01. The maximum absolute atomic E-state index is 11.5. The summed E-state index contributed by atoms with van der Waals surface area (Å²) in [7, 11) is 0. The Hall–Kier alpha value is -3.56. The number of nitro benzene ring substituents is 1. The number of aromatic nitrogens is 2. The second-order valence-corrected chi connectivity index (χ2v) is 4.76. The molecule has 24 heavy (non-hydrogen) atoms. The van der Waals surface area contributed by atoms with Gasteiger partial charge < -0.3 is 4.98 Å². The third-order valence-corrected chi connectivity index (χ3v) is 3.26. The summed E-state index contributed by atoms with van der Waals surface area (Å²) < 4.78 is 0. The molecule has 1 heterocycles. The monoisotopic (exact) mass is 332 g/mol. The largest absolute Gasteiger partial charge is 0.357 e. The number of aromatic amines is 2. The van der Waals surface area contributed by atoms with Crippen LogP contribution in [0.15, 0.2) is 27.8 Å². The lowest BCUT2D eigenvalue weighted by atomic mass is 10.1. The Bertz CT molecular complexity index is 956. The van der Waals surface area contributed by atoms with Gasteiger partial charge in [-0.1, -0.05) is 25.1 Å². The summed E-state index contributed by atoms with van der Waals surface area (Å²) in [6, 6.07) is 4.48. The molecule has 0 fully saturated rings. The molecule has 0 radical (unpaired) electrons. The van der Waals surface area contributed by atoms with Crippen molar-refractivity contribution in [1.82, 2.24) is 9.97 Å². The molecule has 0 aliphatic heterocycles. The van der Waals surface area contributed by atoms with Crippen molar-refractivity contribution in [2.45, 2.75) is 13.3 Å². The lowest BCUT2D eigenvalue weighted by Crippen LogP contribution is -2.25. The predicted octanol–water partition coefficient (Wildman–Crippen LogP) is 1.61. The van der Waals surface area contributed by atoms with Gasteiger partial charge in [0, 0.05) is 11.6 Å². The number of H-pyrrole nitrogens is 2. The fraction of sp³-hybridized carbons (Fsp3) is 0.143. The van der Waals surface area contributed by atoms with Gasteiger partial charge in [-0.05, 0) is 18.1 Å². The number of hydrogen-bond donors (Lipinski definition) is 2. The summed E-state index contributed by atoms with van der Waals surface area (Å²) in [6.45, 7) is 1.78. The van der Waals surface area contributed by atoms with Crippen LogP contribution < -0.4 is 11.2 Å². The van der Waals surface area contributed by atoms with E-state index in [2.05, 4.69) is 4.98 Å². The van der Waals surface area contributed by atoms with E-state index in [0.717, 1.165) is 6.08 Å². The summed E-state index contributed by atoms with van der Waals surface area (Å²) in [5, 5.41) is 22.0. The van der Waals surface area contributed by atoms with Gasteiger partial charge in [0.2, 0.25) is 0 Å². The first-order valence-corrected chi connectivity index (χ1v) is 6.80. The molecule has 0 saturated heterocycles. The van der Waals surface area contributed by atoms with Crippen molar-refractivity contribution in [1.29, 1.82) is 0 Å². The number of benzene rings is 1. The van der Waals surface area contributed by atoms with Crippen LogP contribution in [0.3, 0.4) is 0 Å². The van der Waals surface area contributed by atoms with Crippen molar-refractivity contribution in [3.63, 3.8) is 0 Å². The standard InChI is InChI=1S/C14H12N4O6/c1-2-9-5-3-8(7-11(9)17(21)22)4-6-10-12(18(23)24)13(19)16-14(20)15-10/h3-7H,2H2,1H3,(H2,15,16,19,20)/b6-4+. The molecule has 0 bridgehead atoms. The van der Waals surface area contributed by atoms with Crippen molar-refractivity contribution in [3.8, 4) is 0 Å². The van der Waals surface area contributed by atoms with Crippen LogP contribution in [0.5, 0.6) is 0 Å². The first-order chi connectivity index (χ1) is 11.3. The van der Waals surface area contributed by atoms with Crippen LogP contribution in [0.2, 0.25) is 0 Å². The van der Waals surface area contributed by atoms with E-state index < -0.39 is 26.8 Å². The molecule has 124 valence electrons. The molecule has 0 unspecified atom stereocenters. The van der Waals surface area contributed by atoms with E-state index in [1.807, 2.05) is 0 Å². The first-order valence-electron chi connectivity index (χ1n) is 6.80. The van der Waals surface area contributed by atoms with E-state index in [4.69, 9.17) is 0 Å². The molecule has 0 aliphatic rings. The molecule has 10 nitrogen and oxygen atoms in total. The van der Waals surface area contributed by atoms with Gasteiger partial charge in [-0.25, -0.2) is 4.79 Å². The van der Waals surface area contributed by atoms with Crippen LogP contribution in [-0.2, 0) is 6.42 Å². The molecule has 0 spiro atoms. The Morgan fingerprint density at radius 2 is 1.79 bits per heavy atom. The highest BCUT2D eigenvalue weighted by Gasteiger charge is 2.19. The quantitative estimate of drug-likeness (QED) is 0.626. The summed E-state index contributed by atoms with van der Waals surface area (Å²) in [6.07, 6.45) is 2.97. The highest BCUT2D eigenvalue weighted by molar-refractivity contribution is 5.72. The second kappa shape index (κ2) is 6.69. The van der Waals surface area contributed by atoms with Crippen LogP contribution in [0, 0.1) is 20.2 Å². The lowest BCUT2D eigenvalue weighted by molar-refractivity contribution is -0.386. The van der Waals surface area contributed by atoms with Crippen molar-refractivity contribution in [2.24, 2.45) is 0 Å². The number of hydrogen-bond acceptors (Lipinski definition) is 6. The molecule has 1 aromatic heterocycles. The maximum atomic E-state index is 11.5. The van der Waals surface area contributed by atoms with Crippen LogP contribution >= 0.6 is 0 Å². The zero-order chi connectivity index (χ0) is 17.9. The SMILES string of the molecule is CCc1ccc(/C=C/c2[nH]c(=O)[nH]c(=O)c2[N+](=O)[O-])cc1[N+](=O)[O-]. The van der Waals surface area contributed by atoms with Gasteiger partial charge in [0.25, 0.3) is 5.69 Å². The van der Waals surface area contributed by atoms with Crippen LogP contribution in [0.1, 0.15) is 23.7 Å². The molecule has 2 aromatic rings. The van der Waals surface area contributed by atoms with Gasteiger partial charge in [0.15, 0.2) is 0 Å². The maximum Gasteiger partial charge on any atom is 0.357 e. The molecular formula is C14H12N4O6. The fourth-order valence-corrected chi connectivity index (χ4v) is 2.13. The van der Waals surface area contributed by atoms with Gasteiger partial charge in [0.05, 0.1) is 9.85 Å². The number of nitrogens with one attached hydrogen (secondary N) is 2. The van der Waals surface area contributed by atoms with Crippen molar-refractivity contribution < 1.29 is 9.85 Å². The van der Waals surface area contributed by atoms with E-state index in [1.165, 1.54) is 12.1 Å². The molecule has 10 heteroatoms. The summed E-state index contributed by atoms with van der Waals surface area (Å²) in [5.74, 6) is 0.